The highest BCUT2D eigenvalue weighted by molar-refractivity contribution is 6.25. The SMILES string of the molecule is O=C1C2C3c4ccccc4C(C(=O)O)(c4ccccc43)C2C(=O)N1c1c(F)c(F)c(F)c(F)c1F. The van der Waals surface area contributed by atoms with Gasteiger partial charge < -0.3 is 5.11 Å². The third kappa shape index (κ3) is 2.25. The van der Waals surface area contributed by atoms with E-state index < -0.39 is 75.7 Å². The molecule has 1 saturated heterocycles. The van der Waals surface area contributed by atoms with Crippen molar-refractivity contribution in [2.45, 2.75) is 11.3 Å². The second-order valence-electron chi connectivity index (χ2n) is 8.70. The number of nitrogens with zero attached hydrogens (tertiary/aromatic N) is 1. The van der Waals surface area contributed by atoms with E-state index in [1.165, 1.54) is 12.1 Å². The van der Waals surface area contributed by atoms with Crippen LogP contribution in [0.25, 0.3) is 0 Å². The highest BCUT2D eigenvalue weighted by Gasteiger charge is 2.71. The van der Waals surface area contributed by atoms with Gasteiger partial charge in [0.05, 0.1) is 11.8 Å². The van der Waals surface area contributed by atoms with Crippen molar-refractivity contribution in [3.05, 3.63) is 99.9 Å². The van der Waals surface area contributed by atoms with E-state index in [2.05, 4.69) is 0 Å². The Morgan fingerprint density at radius 1 is 0.743 bits per heavy atom. The van der Waals surface area contributed by atoms with Gasteiger partial charge in [0.1, 0.15) is 11.1 Å². The largest absolute Gasteiger partial charge is 0.480 e. The van der Waals surface area contributed by atoms with Gasteiger partial charge >= 0.3 is 5.97 Å². The van der Waals surface area contributed by atoms with Crippen LogP contribution in [0.4, 0.5) is 27.6 Å². The van der Waals surface area contributed by atoms with Crippen LogP contribution < -0.4 is 4.90 Å². The molecule has 2 unspecified atom stereocenters. The Balaban J connectivity index is 1.68. The topological polar surface area (TPSA) is 74.7 Å². The number of amides is 2. The second-order valence-corrected chi connectivity index (χ2v) is 8.70. The van der Waals surface area contributed by atoms with Crippen LogP contribution in [0.5, 0.6) is 0 Å². The van der Waals surface area contributed by atoms with Gasteiger partial charge in [0.15, 0.2) is 23.3 Å². The lowest BCUT2D eigenvalue weighted by molar-refractivity contribution is -0.149. The molecular formula is C25H12F5NO4. The molecule has 35 heavy (non-hydrogen) atoms. The maximum atomic E-state index is 14.7. The maximum Gasteiger partial charge on any atom is 0.319 e. The number of carboxylic acid groups (broad SMARTS) is 1. The van der Waals surface area contributed by atoms with Crippen LogP contribution in [-0.2, 0) is 19.8 Å². The Labute approximate surface area is 193 Å². The summed E-state index contributed by atoms with van der Waals surface area (Å²) >= 11 is 0. The van der Waals surface area contributed by atoms with Crippen LogP contribution in [0, 0.1) is 40.9 Å². The molecule has 0 spiro atoms. The van der Waals surface area contributed by atoms with E-state index in [1.54, 1.807) is 36.4 Å². The first-order chi connectivity index (χ1) is 16.7. The molecule has 4 aliphatic rings. The van der Waals surface area contributed by atoms with Gasteiger partial charge in [-0.25, -0.2) is 26.9 Å². The molecule has 0 radical (unpaired) electrons. The minimum Gasteiger partial charge on any atom is -0.480 e. The highest BCUT2D eigenvalue weighted by Crippen LogP contribution is 2.64. The molecule has 1 heterocycles. The Kier molecular flexibility index (Phi) is 4.13. The van der Waals surface area contributed by atoms with Gasteiger partial charge in [-0.1, -0.05) is 48.5 Å². The summed E-state index contributed by atoms with van der Waals surface area (Å²) in [6.07, 6.45) is 0. The Morgan fingerprint density at radius 2 is 1.20 bits per heavy atom. The Hall–Kier alpha value is -4.08. The van der Waals surface area contributed by atoms with Gasteiger partial charge in [0.25, 0.3) is 0 Å². The summed E-state index contributed by atoms with van der Waals surface area (Å²) in [5.41, 5.74) is -2.47. The third-order valence-electron chi connectivity index (χ3n) is 7.37. The molecule has 5 nitrogen and oxygen atoms in total. The smallest absolute Gasteiger partial charge is 0.319 e. The second kappa shape index (κ2) is 6.74. The first-order valence-electron chi connectivity index (χ1n) is 10.5. The standard InChI is InChI=1S/C25H12F5NO4/c26-16-17(27)19(29)21(20(30)18(16)28)31-22(32)14-13-9-5-1-3-7-11(9)25(24(34)35,15(14)23(31)33)12-8-4-2-6-10(12)13/h1-8,13-15H,(H,34,35). The van der Waals surface area contributed by atoms with Gasteiger partial charge in [-0.05, 0) is 22.3 Å². The number of carboxylic acids is 1. The van der Waals surface area contributed by atoms with E-state index in [0.29, 0.717) is 11.1 Å². The van der Waals surface area contributed by atoms with Crippen molar-refractivity contribution in [1.82, 2.24) is 0 Å². The molecule has 3 aromatic carbocycles. The molecule has 1 aliphatic heterocycles. The minimum atomic E-state index is -2.44. The average Bonchev–Trinajstić information content (AvgIpc) is 3.12. The van der Waals surface area contributed by atoms with Crippen molar-refractivity contribution in [3.8, 4) is 0 Å². The average molecular weight is 485 g/mol. The van der Waals surface area contributed by atoms with Crippen LogP contribution in [0.1, 0.15) is 28.2 Å². The van der Waals surface area contributed by atoms with Crippen molar-refractivity contribution < 1.29 is 41.4 Å². The third-order valence-corrected chi connectivity index (χ3v) is 7.37. The number of benzene rings is 3. The summed E-state index contributed by atoms with van der Waals surface area (Å²) in [5, 5.41) is 10.5. The number of carbonyl (C=O) groups is 3. The molecule has 2 amide bonds. The summed E-state index contributed by atoms with van der Waals surface area (Å²) in [5.74, 6) is -19.8. The molecule has 1 N–H and O–H groups in total. The first-order valence-corrected chi connectivity index (χ1v) is 10.5. The normalized spacial score (nSPS) is 26.0. The van der Waals surface area contributed by atoms with Crippen LogP contribution in [-0.4, -0.2) is 22.9 Å². The molecular weight excluding hydrogens is 473 g/mol. The molecule has 2 atom stereocenters. The number of imide groups is 1. The van der Waals surface area contributed by atoms with Crippen molar-refractivity contribution in [3.63, 3.8) is 0 Å². The van der Waals surface area contributed by atoms with Gasteiger partial charge in [-0.2, -0.15) is 0 Å². The van der Waals surface area contributed by atoms with Gasteiger partial charge in [0.2, 0.25) is 17.6 Å². The van der Waals surface area contributed by atoms with Crippen molar-refractivity contribution in [2.75, 3.05) is 4.90 Å². The van der Waals surface area contributed by atoms with Crippen LogP contribution in [0.3, 0.4) is 0 Å². The summed E-state index contributed by atoms with van der Waals surface area (Å²) in [6.45, 7) is 0. The number of halogens is 5. The van der Waals surface area contributed by atoms with Gasteiger partial charge in [0, 0.05) is 5.92 Å². The molecule has 2 bridgehead atoms. The van der Waals surface area contributed by atoms with Gasteiger partial charge in [-0.3, -0.25) is 14.4 Å². The predicted octanol–water partition coefficient (Wildman–Crippen LogP) is 4.02. The zero-order valence-corrected chi connectivity index (χ0v) is 17.4. The molecule has 0 aromatic heterocycles. The lowest BCUT2D eigenvalue weighted by Gasteiger charge is -2.51. The van der Waals surface area contributed by atoms with Crippen molar-refractivity contribution in [2.24, 2.45) is 11.8 Å². The molecule has 0 saturated carbocycles. The predicted molar refractivity (Wildman–Crippen MR) is 109 cm³/mol. The number of aliphatic carboxylic acids is 1. The number of anilines is 1. The fourth-order valence-corrected chi connectivity index (χ4v) is 6.15. The highest BCUT2D eigenvalue weighted by atomic mass is 19.2. The number of rotatable bonds is 2. The van der Waals surface area contributed by atoms with E-state index in [1.807, 2.05) is 0 Å². The molecule has 3 aromatic rings. The van der Waals surface area contributed by atoms with E-state index in [0.717, 1.165) is 0 Å². The zero-order chi connectivity index (χ0) is 25.0. The molecule has 1 fully saturated rings. The fourth-order valence-electron chi connectivity index (χ4n) is 6.15. The Morgan fingerprint density at radius 3 is 1.69 bits per heavy atom. The molecule has 3 aliphatic carbocycles. The lowest BCUT2D eigenvalue weighted by Crippen LogP contribution is -2.57. The lowest BCUT2D eigenvalue weighted by atomic mass is 9.47. The monoisotopic (exact) mass is 485 g/mol. The first kappa shape index (κ1) is 21.5. The van der Waals surface area contributed by atoms with E-state index >= 15 is 0 Å². The minimum absolute atomic E-state index is 0.0753. The van der Waals surface area contributed by atoms with E-state index in [-0.39, 0.29) is 16.0 Å². The van der Waals surface area contributed by atoms with Gasteiger partial charge in [-0.15, -0.1) is 0 Å². The van der Waals surface area contributed by atoms with E-state index in [4.69, 9.17) is 0 Å². The summed E-state index contributed by atoms with van der Waals surface area (Å²) < 4.78 is 71.0. The Bertz CT molecular complexity index is 1440. The van der Waals surface area contributed by atoms with Crippen LogP contribution in [0.2, 0.25) is 0 Å². The number of carbonyl (C=O) groups excluding carboxylic acids is 2. The van der Waals surface area contributed by atoms with Crippen molar-refractivity contribution in [1.29, 1.82) is 0 Å². The molecule has 7 rings (SSSR count). The molecule has 176 valence electrons. The summed E-state index contributed by atoms with van der Waals surface area (Å²) in [6, 6.07) is 12.6. The number of hydrogen-bond acceptors (Lipinski definition) is 3. The molecule has 10 heteroatoms. The van der Waals surface area contributed by atoms with Crippen molar-refractivity contribution >= 4 is 23.5 Å². The maximum absolute atomic E-state index is 14.7. The number of hydrogen-bond donors (Lipinski definition) is 1. The van der Waals surface area contributed by atoms with E-state index in [9.17, 15) is 41.4 Å². The summed E-state index contributed by atoms with van der Waals surface area (Å²) in [4.78, 5) is 40.1. The quantitative estimate of drug-likeness (QED) is 0.258. The zero-order valence-electron chi connectivity index (χ0n) is 17.4. The fraction of sp³-hybridized carbons (Fsp3) is 0.160. The summed E-state index contributed by atoms with van der Waals surface area (Å²) in [7, 11) is 0. The van der Waals surface area contributed by atoms with Crippen LogP contribution in [0.15, 0.2) is 48.5 Å². The van der Waals surface area contributed by atoms with Crippen LogP contribution >= 0.6 is 0 Å².